The van der Waals surface area contributed by atoms with Crippen molar-refractivity contribution >= 4 is 5.78 Å². The van der Waals surface area contributed by atoms with Crippen LogP contribution in [0.4, 0.5) is 0 Å². The van der Waals surface area contributed by atoms with Crippen LogP contribution in [0, 0.1) is 5.92 Å². The van der Waals surface area contributed by atoms with Crippen molar-refractivity contribution in [2.45, 2.75) is 51.9 Å². The van der Waals surface area contributed by atoms with Gasteiger partial charge in [-0.3, -0.25) is 4.79 Å². The SMILES string of the molecule is CCCOc1ccc(C(=O)CCC2CCCC2)cc1. The zero-order valence-electron chi connectivity index (χ0n) is 11.9. The summed E-state index contributed by atoms with van der Waals surface area (Å²) in [5, 5.41) is 0. The van der Waals surface area contributed by atoms with Gasteiger partial charge in [0.2, 0.25) is 0 Å². The Morgan fingerprint density at radius 1 is 1.21 bits per heavy atom. The normalized spacial score (nSPS) is 15.6. The predicted molar refractivity (Wildman–Crippen MR) is 77.8 cm³/mol. The fourth-order valence-electron chi connectivity index (χ4n) is 2.74. The van der Waals surface area contributed by atoms with Crippen LogP contribution in [0.1, 0.15) is 62.2 Å². The summed E-state index contributed by atoms with van der Waals surface area (Å²) in [6, 6.07) is 7.58. The van der Waals surface area contributed by atoms with E-state index in [1.54, 1.807) is 0 Å². The Bertz CT molecular complexity index is 388. The van der Waals surface area contributed by atoms with Crippen molar-refractivity contribution in [1.29, 1.82) is 0 Å². The van der Waals surface area contributed by atoms with Crippen LogP contribution in [0.2, 0.25) is 0 Å². The molecule has 0 radical (unpaired) electrons. The molecule has 0 amide bonds. The molecule has 1 fully saturated rings. The summed E-state index contributed by atoms with van der Waals surface area (Å²) in [6.45, 7) is 2.82. The van der Waals surface area contributed by atoms with Crippen molar-refractivity contribution in [3.63, 3.8) is 0 Å². The van der Waals surface area contributed by atoms with Gasteiger partial charge in [0, 0.05) is 12.0 Å². The topological polar surface area (TPSA) is 26.3 Å². The van der Waals surface area contributed by atoms with E-state index in [9.17, 15) is 4.79 Å². The molecule has 0 unspecified atom stereocenters. The van der Waals surface area contributed by atoms with E-state index in [1.165, 1.54) is 25.7 Å². The maximum atomic E-state index is 12.1. The second-order valence-electron chi connectivity index (χ2n) is 5.49. The number of hydrogen-bond donors (Lipinski definition) is 0. The number of carbonyl (C=O) groups is 1. The molecule has 0 spiro atoms. The van der Waals surface area contributed by atoms with Gasteiger partial charge < -0.3 is 4.74 Å². The Morgan fingerprint density at radius 3 is 2.53 bits per heavy atom. The molecule has 104 valence electrons. The number of hydrogen-bond acceptors (Lipinski definition) is 2. The summed E-state index contributed by atoms with van der Waals surface area (Å²) >= 11 is 0. The zero-order valence-corrected chi connectivity index (χ0v) is 11.9. The van der Waals surface area contributed by atoms with Gasteiger partial charge in [0.15, 0.2) is 5.78 Å². The van der Waals surface area contributed by atoms with Crippen molar-refractivity contribution in [2.75, 3.05) is 6.61 Å². The lowest BCUT2D eigenvalue weighted by Crippen LogP contribution is -2.03. The molecule has 2 rings (SSSR count). The fraction of sp³-hybridized carbons (Fsp3) is 0.588. The van der Waals surface area contributed by atoms with Crippen molar-refractivity contribution in [3.05, 3.63) is 29.8 Å². The third-order valence-electron chi connectivity index (χ3n) is 3.90. The molecular formula is C17H24O2. The summed E-state index contributed by atoms with van der Waals surface area (Å²) in [5.41, 5.74) is 0.821. The minimum absolute atomic E-state index is 0.272. The molecule has 0 heterocycles. The molecule has 1 aromatic carbocycles. The highest BCUT2D eigenvalue weighted by Gasteiger charge is 2.16. The molecule has 2 heteroatoms. The Balaban J connectivity index is 1.81. The summed E-state index contributed by atoms with van der Waals surface area (Å²) in [4.78, 5) is 12.1. The highest BCUT2D eigenvalue weighted by Crippen LogP contribution is 2.29. The van der Waals surface area contributed by atoms with E-state index in [4.69, 9.17) is 4.74 Å². The Morgan fingerprint density at radius 2 is 1.89 bits per heavy atom. The second kappa shape index (κ2) is 7.32. The van der Waals surface area contributed by atoms with Crippen LogP contribution in [0.5, 0.6) is 5.75 Å². The van der Waals surface area contributed by atoms with E-state index in [2.05, 4.69) is 6.92 Å². The Hall–Kier alpha value is -1.31. The molecule has 19 heavy (non-hydrogen) atoms. The van der Waals surface area contributed by atoms with E-state index in [1.807, 2.05) is 24.3 Å². The van der Waals surface area contributed by atoms with Crippen LogP contribution in [-0.2, 0) is 0 Å². The number of ketones is 1. The third-order valence-corrected chi connectivity index (χ3v) is 3.90. The standard InChI is InChI=1S/C17H24O2/c1-2-13-19-16-10-8-15(9-11-16)17(18)12-7-14-5-3-4-6-14/h8-11,14H,2-7,12-13H2,1H3. The number of Topliss-reactive ketones (excluding diaryl/α,β-unsaturated/α-hetero) is 1. The quantitative estimate of drug-likeness (QED) is 0.668. The van der Waals surface area contributed by atoms with Crippen LogP contribution in [0.25, 0.3) is 0 Å². The maximum Gasteiger partial charge on any atom is 0.162 e. The first-order valence-electron chi connectivity index (χ1n) is 7.55. The second-order valence-corrected chi connectivity index (χ2v) is 5.49. The zero-order chi connectivity index (χ0) is 13.5. The molecule has 0 saturated heterocycles. The lowest BCUT2D eigenvalue weighted by molar-refractivity contribution is 0.0974. The minimum atomic E-state index is 0.272. The average Bonchev–Trinajstić information content (AvgIpc) is 2.96. The molecule has 0 aromatic heterocycles. The van der Waals surface area contributed by atoms with Crippen molar-refractivity contribution in [3.8, 4) is 5.75 Å². The lowest BCUT2D eigenvalue weighted by atomic mass is 9.97. The molecule has 1 aliphatic carbocycles. The van der Waals surface area contributed by atoms with Crippen LogP contribution in [-0.4, -0.2) is 12.4 Å². The van der Waals surface area contributed by atoms with E-state index in [0.29, 0.717) is 6.42 Å². The van der Waals surface area contributed by atoms with Gasteiger partial charge in [-0.2, -0.15) is 0 Å². The van der Waals surface area contributed by atoms with Crippen molar-refractivity contribution in [1.82, 2.24) is 0 Å². The molecule has 2 nitrogen and oxygen atoms in total. The van der Waals surface area contributed by atoms with Crippen molar-refractivity contribution < 1.29 is 9.53 Å². The number of carbonyl (C=O) groups excluding carboxylic acids is 1. The third kappa shape index (κ3) is 4.38. The first-order valence-corrected chi connectivity index (χ1v) is 7.55. The largest absolute Gasteiger partial charge is 0.494 e. The molecule has 0 N–H and O–H groups in total. The molecule has 0 bridgehead atoms. The van der Waals surface area contributed by atoms with Gasteiger partial charge >= 0.3 is 0 Å². The van der Waals surface area contributed by atoms with Gasteiger partial charge in [-0.25, -0.2) is 0 Å². The van der Waals surface area contributed by atoms with Crippen LogP contribution in [0.15, 0.2) is 24.3 Å². The van der Waals surface area contributed by atoms with Crippen LogP contribution < -0.4 is 4.74 Å². The molecule has 1 aliphatic rings. The summed E-state index contributed by atoms with van der Waals surface area (Å²) in [5.74, 6) is 1.92. The molecular weight excluding hydrogens is 236 g/mol. The lowest BCUT2D eigenvalue weighted by Gasteiger charge is -2.08. The molecule has 0 aliphatic heterocycles. The van der Waals surface area contributed by atoms with Gasteiger partial charge in [0.05, 0.1) is 6.61 Å². The van der Waals surface area contributed by atoms with Gasteiger partial charge in [0.1, 0.15) is 5.75 Å². The molecule has 0 atom stereocenters. The highest BCUT2D eigenvalue weighted by atomic mass is 16.5. The van der Waals surface area contributed by atoms with Crippen molar-refractivity contribution in [2.24, 2.45) is 5.92 Å². The maximum absolute atomic E-state index is 12.1. The minimum Gasteiger partial charge on any atom is -0.494 e. The summed E-state index contributed by atoms with van der Waals surface area (Å²) in [6.07, 6.45) is 8.09. The van der Waals surface area contributed by atoms with E-state index in [-0.39, 0.29) is 5.78 Å². The average molecular weight is 260 g/mol. The number of ether oxygens (including phenoxy) is 1. The first-order chi connectivity index (χ1) is 9.29. The molecule has 1 aromatic rings. The van der Waals surface area contributed by atoms with Gasteiger partial charge in [-0.1, -0.05) is 32.6 Å². The highest BCUT2D eigenvalue weighted by molar-refractivity contribution is 5.96. The number of benzene rings is 1. The van der Waals surface area contributed by atoms with E-state index < -0.39 is 0 Å². The summed E-state index contributed by atoms with van der Waals surface area (Å²) < 4.78 is 5.52. The summed E-state index contributed by atoms with van der Waals surface area (Å²) in [7, 11) is 0. The van der Waals surface area contributed by atoms with Gasteiger partial charge in [0.25, 0.3) is 0 Å². The van der Waals surface area contributed by atoms with E-state index >= 15 is 0 Å². The van der Waals surface area contributed by atoms with Gasteiger partial charge in [-0.15, -0.1) is 0 Å². The van der Waals surface area contributed by atoms with Gasteiger partial charge in [-0.05, 0) is 43.0 Å². The number of rotatable bonds is 7. The Kier molecular flexibility index (Phi) is 5.44. The van der Waals surface area contributed by atoms with Crippen LogP contribution >= 0.6 is 0 Å². The first kappa shape index (κ1) is 14.1. The van der Waals surface area contributed by atoms with Crippen LogP contribution in [0.3, 0.4) is 0 Å². The molecule has 1 saturated carbocycles. The fourth-order valence-corrected chi connectivity index (χ4v) is 2.74. The monoisotopic (exact) mass is 260 g/mol. The Labute approximate surface area is 116 Å². The van der Waals surface area contributed by atoms with E-state index in [0.717, 1.165) is 36.7 Å². The smallest absolute Gasteiger partial charge is 0.162 e. The predicted octanol–water partition coefficient (Wildman–Crippen LogP) is 4.63.